The number of rotatable bonds is 6. The van der Waals surface area contributed by atoms with Crippen LogP contribution in [0.3, 0.4) is 0 Å². The highest BCUT2D eigenvalue weighted by atomic mass is 35.5. The zero-order chi connectivity index (χ0) is 17.5. The lowest BCUT2D eigenvalue weighted by molar-refractivity contribution is -0.133. The third-order valence-corrected chi connectivity index (χ3v) is 4.23. The summed E-state index contributed by atoms with van der Waals surface area (Å²) >= 11 is 5.87. The largest absolute Gasteiger partial charge is 0.489 e. The minimum absolute atomic E-state index is 0.0892. The number of hydrogen-bond donors (Lipinski definition) is 1. The second-order valence-corrected chi connectivity index (χ2v) is 6.22. The molecule has 1 aliphatic heterocycles. The second kappa shape index (κ2) is 8.74. The SMILES string of the molecule is O=C(CNc1ccc(OCc2ccc(Cl)cc2)cc1)N1CCOCC1. The second-order valence-electron chi connectivity index (χ2n) is 5.79. The van der Waals surface area contributed by atoms with Gasteiger partial charge in [0.1, 0.15) is 12.4 Å². The molecule has 1 N–H and O–H groups in total. The Kier molecular flexibility index (Phi) is 6.14. The number of amides is 1. The van der Waals surface area contributed by atoms with Crippen molar-refractivity contribution in [1.29, 1.82) is 0 Å². The van der Waals surface area contributed by atoms with Gasteiger partial charge in [-0.05, 0) is 42.0 Å². The molecule has 0 aromatic heterocycles. The first-order chi connectivity index (χ1) is 12.2. The standard InChI is InChI=1S/C19H21ClN2O3/c20-16-3-1-15(2-4-16)14-25-18-7-5-17(6-8-18)21-13-19(23)22-9-11-24-12-10-22/h1-8,21H,9-14H2. The summed E-state index contributed by atoms with van der Waals surface area (Å²) in [6.45, 7) is 3.33. The van der Waals surface area contributed by atoms with Gasteiger partial charge in [0.25, 0.3) is 0 Å². The van der Waals surface area contributed by atoms with Crippen molar-refractivity contribution >= 4 is 23.2 Å². The number of nitrogens with zero attached hydrogens (tertiary/aromatic N) is 1. The van der Waals surface area contributed by atoms with Crippen LogP contribution >= 0.6 is 11.6 Å². The molecule has 25 heavy (non-hydrogen) atoms. The molecule has 3 rings (SSSR count). The van der Waals surface area contributed by atoms with Gasteiger partial charge in [-0.1, -0.05) is 23.7 Å². The molecule has 0 aliphatic carbocycles. The van der Waals surface area contributed by atoms with Crippen molar-refractivity contribution in [3.05, 3.63) is 59.1 Å². The van der Waals surface area contributed by atoms with Crippen molar-refractivity contribution in [2.75, 3.05) is 38.2 Å². The Hall–Kier alpha value is -2.24. The van der Waals surface area contributed by atoms with E-state index in [4.69, 9.17) is 21.1 Å². The van der Waals surface area contributed by atoms with Gasteiger partial charge >= 0.3 is 0 Å². The lowest BCUT2D eigenvalue weighted by Gasteiger charge is -2.27. The van der Waals surface area contributed by atoms with Crippen LogP contribution in [0.1, 0.15) is 5.56 Å². The van der Waals surface area contributed by atoms with Gasteiger partial charge in [-0.3, -0.25) is 4.79 Å². The fourth-order valence-corrected chi connectivity index (χ4v) is 2.64. The van der Waals surface area contributed by atoms with E-state index in [0.29, 0.717) is 37.9 Å². The van der Waals surface area contributed by atoms with E-state index >= 15 is 0 Å². The molecule has 1 aliphatic rings. The maximum Gasteiger partial charge on any atom is 0.242 e. The van der Waals surface area contributed by atoms with Gasteiger partial charge in [0.15, 0.2) is 0 Å². The molecule has 6 heteroatoms. The van der Waals surface area contributed by atoms with E-state index in [1.807, 2.05) is 53.4 Å². The highest BCUT2D eigenvalue weighted by Gasteiger charge is 2.16. The number of benzene rings is 2. The highest BCUT2D eigenvalue weighted by Crippen LogP contribution is 2.18. The number of anilines is 1. The van der Waals surface area contributed by atoms with E-state index in [1.165, 1.54) is 0 Å². The molecule has 0 spiro atoms. The highest BCUT2D eigenvalue weighted by molar-refractivity contribution is 6.30. The summed E-state index contributed by atoms with van der Waals surface area (Å²) in [4.78, 5) is 13.9. The van der Waals surface area contributed by atoms with E-state index in [2.05, 4.69) is 5.32 Å². The Balaban J connectivity index is 1.45. The average molecular weight is 361 g/mol. The quantitative estimate of drug-likeness (QED) is 0.859. The number of ether oxygens (including phenoxy) is 2. The van der Waals surface area contributed by atoms with Crippen LogP contribution < -0.4 is 10.1 Å². The summed E-state index contributed by atoms with van der Waals surface area (Å²) in [5.41, 5.74) is 1.95. The Morgan fingerprint density at radius 1 is 1.08 bits per heavy atom. The first-order valence-electron chi connectivity index (χ1n) is 8.27. The Labute approximate surface area is 152 Å². The first-order valence-corrected chi connectivity index (χ1v) is 8.65. The molecule has 2 aromatic rings. The summed E-state index contributed by atoms with van der Waals surface area (Å²) < 4.78 is 11.0. The van der Waals surface area contributed by atoms with E-state index < -0.39 is 0 Å². The van der Waals surface area contributed by atoms with Crippen molar-refractivity contribution in [2.24, 2.45) is 0 Å². The topological polar surface area (TPSA) is 50.8 Å². The van der Waals surface area contributed by atoms with Gasteiger partial charge in [0.2, 0.25) is 5.91 Å². The first kappa shape index (κ1) is 17.6. The van der Waals surface area contributed by atoms with Crippen molar-refractivity contribution < 1.29 is 14.3 Å². The molecule has 5 nitrogen and oxygen atoms in total. The summed E-state index contributed by atoms with van der Waals surface area (Å²) in [5, 5.41) is 3.86. The maximum atomic E-state index is 12.1. The summed E-state index contributed by atoms with van der Waals surface area (Å²) in [7, 11) is 0. The molecule has 1 saturated heterocycles. The molecular formula is C19H21ClN2O3. The molecule has 0 radical (unpaired) electrons. The predicted molar refractivity (Wildman–Crippen MR) is 98.1 cm³/mol. The summed E-state index contributed by atoms with van der Waals surface area (Å²) in [6.07, 6.45) is 0. The molecule has 2 aromatic carbocycles. The lowest BCUT2D eigenvalue weighted by Crippen LogP contribution is -2.43. The van der Waals surface area contributed by atoms with Gasteiger partial charge in [-0.15, -0.1) is 0 Å². The third-order valence-electron chi connectivity index (χ3n) is 3.98. The molecule has 132 valence electrons. The van der Waals surface area contributed by atoms with Crippen LogP contribution in [0.4, 0.5) is 5.69 Å². The molecule has 1 fully saturated rings. The average Bonchev–Trinajstić information content (AvgIpc) is 2.67. The molecular weight excluding hydrogens is 340 g/mol. The lowest BCUT2D eigenvalue weighted by atomic mass is 10.2. The molecule has 1 heterocycles. The monoisotopic (exact) mass is 360 g/mol. The fourth-order valence-electron chi connectivity index (χ4n) is 2.52. The summed E-state index contributed by atoms with van der Waals surface area (Å²) in [5.74, 6) is 0.867. The number of nitrogens with one attached hydrogen (secondary N) is 1. The van der Waals surface area contributed by atoms with E-state index in [-0.39, 0.29) is 12.5 Å². The Morgan fingerprint density at radius 3 is 2.44 bits per heavy atom. The van der Waals surface area contributed by atoms with Gasteiger partial charge in [-0.25, -0.2) is 0 Å². The van der Waals surface area contributed by atoms with Gasteiger partial charge in [0.05, 0.1) is 19.8 Å². The normalized spacial score (nSPS) is 14.2. The van der Waals surface area contributed by atoms with Gasteiger partial charge in [-0.2, -0.15) is 0 Å². The zero-order valence-electron chi connectivity index (χ0n) is 13.9. The molecule has 0 saturated carbocycles. The number of carbonyl (C=O) groups excluding carboxylic acids is 1. The number of carbonyl (C=O) groups is 1. The summed E-state index contributed by atoms with van der Waals surface area (Å²) in [6, 6.07) is 15.2. The van der Waals surface area contributed by atoms with E-state index in [9.17, 15) is 4.79 Å². The zero-order valence-corrected chi connectivity index (χ0v) is 14.7. The Bertz CT molecular complexity index is 683. The van der Waals surface area contributed by atoms with Crippen molar-refractivity contribution in [3.63, 3.8) is 0 Å². The maximum absolute atomic E-state index is 12.1. The Morgan fingerprint density at radius 2 is 1.76 bits per heavy atom. The van der Waals surface area contributed by atoms with Crippen LogP contribution in [0, 0.1) is 0 Å². The van der Waals surface area contributed by atoms with Crippen molar-refractivity contribution in [2.45, 2.75) is 6.61 Å². The number of morpholine rings is 1. The van der Waals surface area contributed by atoms with E-state index in [1.54, 1.807) is 0 Å². The van der Waals surface area contributed by atoms with Gasteiger partial charge < -0.3 is 19.7 Å². The minimum Gasteiger partial charge on any atom is -0.489 e. The van der Waals surface area contributed by atoms with Crippen LogP contribution in [-0.2, 0) is 16.1 Å². The van der Waals surface area contributed by atoms with Crippen molar-refractivity contribution in [1.82, 2.24) is 4.90 Å². The van der Waals surface area contributed by atoms with Crippen LogP contribution in [0.25, 0.3) is 0 Å². The van der Waals surface area contributed by atoms with E-state index in [0.717, 1.165) is 17.0 Å². The molecule has 0 unspecified atom stereocenters. The third kappa shape index (κ3) is 5.37. The molecule has 1 amide bonds. The van der Waals surface area contributed by atoms with Crippen LogP contribution in [-0.4, -0.2) is 43.7 Å². The predicted octanol–water partition coefficient (Wildman–Crippen LogP) is 3.19. The molecule has 0 atom stereocenters. The minimum atomic E-state index is 0.0892. The fraction of sp³-hybridized carbons (Fsp3) is 0.316. The smallest absolute Gasteiger partial charge is 0.242 e. The van der Waals surface area contributed by atoms with Crippen LogP contribution in [0.5, 0.6) is 5.75 Å². The van der Waals surface area contributed by atoms with Gasteiger partial charge in [0, 0.05) is 23.8 Å². The number of halogens is 1. The van der Waals surface area contributed by atoms with Crippen LogP contribution in [0.2, 0.25) is 5.02 Å². The molecule has 0 bridgehead atoms. The number of hydrogen-bond acceptors (Lipinski definition) is 4. The van der Waals surface area contributed by atoms with Crippen LogP contribution in [0.15, 0.2) is 48.5 Å². The van der Waals surface area contributed by atoms with Crippen molar-refractivity contribution in [3.8, 4) is 5.75 Å².